The zero-order valence-corrected chi connectivity index (χ0v) is 13.5. The van der Waals surface area contributed by atoms with Gasteiger partial charge in [0.15, 0.2) is 0 Å². The molecule has 0 bridgehead atoms. The summed E-state index contributed by atoms with van der Waals surface area (Å²) in [5, 5.41) is 0. The first-order valence-electron chi connectivity index (χ1n) is 7.13. The first-order chi connectivity index (χ1) is 8.07. The van der Waals surface area contributed by atoms with E-state index < -0.39 is 0 Å². The van der Waals surface area contributed by atoms with E-state index in [1.165, 1.54) is 0 Å². The van der Waals surface area contributed by atoms with Crippen molar-refractivity contribution in [1.29, 1.82) is 0 Å². The van der Waals surface area contributed by atoms with Gasteiger partial charge >= 0.3 is 0 Å². The number of hydrogen-bond donors (Lipinski definition) is 0. The summed E-state index contributed by atoms with van der Waals surface area (Å²) in [5.41, 5.74) is 0. The normalized spacial score (nSPS) is 10.9. The Morgan fingerprint density at radius 3 is 1.06 bits per heavy atom. The van der Waals surface area contributed by atoms with Crippen LogP contribution in [0.3, 0.4) is 0 Å². The Bertz CT molecular complexity index is 215. The minimum Gasteiger partial charge on any atom is -0.300 e. The number of Topliss-reactive ketones (excluding diaryl/α,β-unsaturated/α-hetero) is 2. The van der Waals surface area contributed by atoms with Crippen LogP contribution < -0.4 is 0 Å². The molecular formula is C16H32O2. The standard InChI is InChI=1S/C9H18O.C7H14O/c1-7(2)5-9(10)6-8(3)4;1-5(2)7(8)6(3)4/h7-8H,5-6H2,1-4H3;5-6H,1-4H3. The highest BCUT2D eigenvalue weighted by atomic mass is 16.1. The van der Waals surface area contributed by atoms with Crippen LogP contribution in [-0.2, 0) is 9.59 Å². The van der Waals surface area contributed by atoms with E-state index in [0.717, 1.165) is 12.8 Å². The lowest BCUT2D eigenvalue weighted by atomic mass is 9.99. The predicted octanol–water partition coefficient (Wildman–Crippen LogP) is 4.52. The summed E-state index contributed by atoms with van der Waals surface area (Å²) in [7, 11) is 0. The monoisotopic (exact) mass is 256 g/mol. The molecule has 0 radical (unpaired) electrons. The van der Waals surface area contributed by atoms with Gasteiger partial charge in [0.1, 0.15) is 11.6 Å². The van der Waals surface area contributed by atoms with Crippen molar-refractivity contribution >= 4 is 11.6 Å². The van der Waals surface area contributed by atoms with E-state index in [1.54, 1.807) is 0 Å². The van der Waals surface area contributed by atoms with Gasteiger partial charge < -0.3 is 0 Å². The Morgan fingerprint density at radius 2 is 0.944 bits per heavy atom. The smallest absolute Gasteiger partial charge is 0.137 e. The van der Waals surface area contributed by atoms with Crippen molar-refractivity contribution in [1.82, 2.24) is 0 Å². The summed E-state index contributed by atoms with van der Waals surface area (Å²) in [6.07, 6.45) is 1.50. The molecule has 0 aromatic carbocycles. The zero-order chi connectivity index (χ0) is 14.9. The lowest BCUT2D eigenvalue weighted by molar-refractivity contribution is -0.124. The van der Waals surface area contributed by atoms with E-state index in [-0.39, 0.29) is 11.8 Å². The summed E-state index contributed by atoms with van der Waals surface area (Å²) in [4.78, 5) is 21.9. The largest absolute Gasteiger partial charge is 0.300 e. The number of carbonyl (C=O) groups is 2. The van der Waals surface area contributed by atoms with Crippen LogP contribution >= 0.6 is 0 Å². The molecule has 0 aliphatic rings. The van der Waals surface area contributed by atoms with Crippen LogP contribution in [0.15, 0.2) is 0 Å². The first-order valence-corrected chi connectivity index (χ1v) is 7.13. The van der Waals surface area contributed by atoms with Gasteiger partial charge in [0.25, 0.3) is 0 Å². The number of rotatable bonds is 6. The van der Waals surface area contributed by atoms with Crippen molar-refractivity contribution < 1.29 is 9.59 Å². The van der Waals surface area contributed by atoms with Crippen molar-refractivity contribution in [2.75, 3.05) is 0 Å². The van der Waals surface area contributed by atoms with Crippen LogP contribution in [0.4, 0.5) is 0 Å². The van der Waals surface area contributed by atoms with Gasteiger partial charge in [-0.05, 0) is 11.8 Å². The van der Waals surface area contributed by atoms with E-state index in [1.807, 2.05) is 27.7 Å². The fourth-order valence-electron chi connectivity index (χ4n) is 1.66. The molecule has 0 fully saturated rings. The lowest BCUT2D eigenvalue weighted by Crippen LogP contribution is -2.13. The third-order valence-electron chi connectivity index (χ3n) is 2.41. The Morgan fingerprint density at radius 1 is 0.667 bits per heavy atom. The van der Waals surface area contributed by atoms with Gasteiger partial charge in [-0.3, -0.25) is 9.59 Å². The zero-order valence-electron chi connectivity index (χ0n) is 13.5. The molecular weight excluding hydrogens is 224 g/mol. The summed E-state index contributed by atoms with van der Waals surface area (Å²) in [6, 6.07) is 0. The molecule has 0 aromatic rings. The molecule has 0 spiro atoms. The molecule has 0 atom stereocenters. The van der Waals surface area contributed by atoms with Gasteiger partial charge in [-0.25, -0.2) is 0 Å². The lowest BCUT2D eigenvalue weighted by Gasteiger charge is -2.05. The van der Waals surface area contributed by atoms with E-state index in [0.29, 0.717) is 23.4 Å². The summed E-state index contributed by atoms with van der Waals surface area (Å²) >= 11 is 0. The Hall–Kier alpha value is -0.660. The number of carbonyl (C=O) groups excluding carboxylic acids is 2. The second-order valence-corrected chi connectivity index (χ2v) is 6.45. The highest BCUT2D eigenvalue weighted by Gasteiger charge is 2.10. The van der Waals surface area contributed by atoms with Crippen LogP contribution in [0.2, 0.25) is 0 Å². The van der Waals surface area contributed by atoms with Crippen molar-refractivity contribution in [3.05, 3.63) is 0 Å². The van der Waals surface area contributed by atoms with Gasteiger partial charge in [0.05, 0.1) is 0 Å². The molecule has 0 rings (SSSR count). The maximum Gasteiger partial charge on any atom is 0.137 e. The second-order valence-electron chi connectivity index (χ2n) is 6.45. The van der Waals surface area contributed by atoms with Crippen LogP contribution in [-0.4, -0.2) is 11.6 Å². The second kappa shape index (κ2) is 10.3. The van der Waals surface area contributed by atoms with Crippen LogP contribution in [0.1, 0.15) is 68.2 Å². The third-order valence-corrected chi connectivity index (χ3v) is 2.41. The number of ketones is 2. The fourth-order valence-corrected chi connectivity index (χ4v) is 1.66. The molecule has 2 nitrogen and oxygen atoms in total. The summed E-state index contributed by atoms with van der Waals surface area (Å²) < 4.78 is 0. The molecule has 0 saturated carbocycles. The predicted molar refractivity (Wildman–Crippen MR) is 78.6 cm³/mol. The number of hydrogen-bond acceptors (Lipinski definition) is 2. The molecule has 0 unspecified atom stereocenters. The maximum atomic E-state index is 11.1. The third kappa shape index (κ3) is 13.4. The SMILES string of the molecule is CC(C)C(=O)C(C)C.CC(C)CC(=O)CC(C)C. The van der Waals surface area contributed by atoms with Crippen molar-refractivity contribution in [2.45, 2.75) is 68.2 Å². The topological polar surface area (TPSA) is 34.1 Å². The average molecular weight is 256 g/mol. The van der Waals surface area contributed by atoms with Crippen LogP contribution in [0, 0.1) is 23.7 Å². The molecule has 2 heteroatoms. The molecule has 0 amide bonds. The van der Waals surface area contributed by atoms with Crippen molar-refractivity contribution in [2.24, 2.45) is 23.7 Å². The minimum absolute atomic E-state index is 0.204. The fraction of sp³-hybridized carbons (Fsp3) is 0.875. The van der Waals surface area contributed by atoms with Gasteiger partial charge in [0.2, 0.25) is 0 Å². The Balaban J connectivity index is 0. The molecule has 108 valence electrons. The van der Waals surface area contributed by atoms with Gasteiger partial charge in [0, 0.05) is 24.7 Å². The maximum absolute atomic E-state index is 11.1. The highest BCUT2D eigenvalue weighted by Crippen LogP contribution is 2.07. The molecule has 0 heterocycles. The minimum atomic E-state index is 0.204. The van der Waals surface area contributed by atoms with Gasteiger partial charge in [-0.2, -0.15) is 0 Å². The van der Waals surface area contributed by atoms with Crippen LogP contribution in [0.5, 0.6) is 0 Å². The molecule has 0 aromatic heterocycles. The summed E-state index contributed by atoms with van der Waals surface area (Å²) in [5.74, 6) is 2.21. The van der Waals surface area contributed by atoms with Gasteiger partial charge in [-0.1, -0.05) is 55.4 Å². The van der Waals surface area contributed by atoms with E-state index in [2.05, 4.69) is 27.7 Å². The van der Waals surface area contributed by atoms with E-state index >= 15 is 0 Å². The van der Waals surface area contributed by atoms with E-state index in [9.17, 15) is 9.59 Å². The van der Waals surface area contributed by atoms with E-state index in [4.69, 9.17) is 0 Å². The average Bonchev–Trinajstić information content (AvgIpc) is 2.14. The quantitative estimate of drug-likeness (QED) is 0.700. The molecule has 18 heavy (non-hydrogen) atoms. The van der Waals surface area contributed by atoms with Crippen molar-refractivity contribution in [3.63, 3.8) is 0 Å². The Labute approximate surface area is 114 Å². The summed E-state index contributed by atoms with van der Waals surface area (Å²) in [6.45, 7) is 16.1. The molecule has 0 aliphatic heterocycles. The highest BCUT2D eigenvalue weighted by molar-refractivity contribution is 5.82. The Kier molecular flexibility index (Phi) is 11.2. The molecule has 0 saturated heterocycles. The molecule has 0 N–H and O–H groups in total. The van der Waals surface area contributed by atoms with Crippen LogP contribution in [0.25, 0.3) is 0 Å². The van der Waals surface area contributed by atoms with Gasteiger partial charge in [-0.15, -0.1) is 0 Å². The molecule has 0 aliphatic carbocycles. The first kappa shape index (κ1) is 19.7. The van der Waals surface area contributed by atoms with Crippen molar-refractivity contribution in [3.8, 4) is 0 Å².